The Balaban J connectivity index is 1.60. The first kappa shape index (κ1) is 11.2. The van der Waals surface area contributed by atoms with E-state index in [2.05, 4.69) is 10.6 Å². The van der Waals surface area contributed by atoms with Crippen LogP contribution in [0.3, 0.4) is 0 Å². The number of furan rings is 1. The number of carbonyl (C=O) groups excluding carboxylic acids is 1. The van der Waals surface area contributed by atoms with E-state index in [9.17, 15) is 4.79 Å². The molecular formula is C12H18N2O2. The van der Waals surface area contributed by atoms with Gasteiger partial charge in [-0.3, -0.25) is 4.79 Å². The van der Waals surface area contributed by atoms with E-state index in [1.54, 1.807) is 12.5 Å². The lowest BCUT2D eigenvalue weighted by molar-refractivity contribution is -0.120. The second kappa shape index (κ2) is 5.70. The van der Waals surface area contributed by atoms with Crippen molar-refractivity contribution in [3.8, 4) is 0 Å². The summed E-state index contributed by atoms with van der Waals surface area (Å²) in [6.07, 6.45) is 8.23. The van der Waals surface area contributed by atoms with Gasteiger partial charge in [0.15, 0.2) is 0 Å². The van der Waals surface area contributed by atoms with Crippen LogP contribution in [0.1, 0.15) is 31.2 Å². The van der Waals surface area contributed by atoms with E-state index in [0.29, 0.717) is 19.1 Å². The third-order valence-electron chi connectivity index (χ3n) is 2.98. The Labute approximate surface area is 95.4 Å². The summed E-state index contributed by atoms with van der Waals surface area (Å²) >= 11 is 0. The van der Waals surface area contributed by atoms with Crippen molar-refractivity contribution in [1.29, 1.82) is 0 Å². The third-order valence-corrected chi connectivity index (χ3v) is 2.98. The average molecular weight is 222 g/mol. The van der Waals surface area contributed by atoms with Crippen molar-refractivity contribution in [3.05, 3.63) is 24.2 Å². The Morgan fingerprint density at radius 3 is 2.94 bits per heavy atom. The Morgan fingerprint density at radius 1 is 1.44 bits per heavy atom. The van der Waals surface area contributed by atoms with Crippen LogP contribution < -0.4 is 10.6 Å². The molecule has 0 spiro atoms. The molecule has 2 N–H and O–H groups in total. The summed E-state index contributed by atoms with van der Waals surface area (Å²) in [6.45, 7) is 0.962. The van der Waals surface area contributed by atoms with E-state index >= 15 is 0 Å². The fourth-order valence-corrected chi connectivity index (χ4v) is 2.02. The van der Waals surface area contributed by atoms with Gasteiger partial charge in [0.05, 0.1) is 19.1 Å². The first-order valence-corrected chi connectivity index (χ1v) is 5.86. The van der Waals surface area contributed by atoms with Crippen molar-refractivity contribution in [2.75, 3.05) is 6.54 Å². The highest BCUT2D eigenvalue weighted by Crippen LogP contribution is 2.17. The zero-order valence-electron chi connectivity index (χ0n) is 9.37. The normalized spacial score (nSPS) is 16.5. The van der Waals surface area contributed by atoms with Gasteiger partial charge in [0, 0.05) is 18.2 Å². The second-order valence-electron chi connectivity index (χ2n) is 4.27. The van der Waals surface area contributed by atoms with Crippen molar-refractivity contribution in [3.63, 3.8) is 0 Å². The van der Waals surface area contributed by atoms with Crippen LogP contribution in [0.4, 0.5) is 0 Å². The van der Waals surface area contributed by atoms with Gasteiger partial charge < -0.3 is 15.1 Å². The molecule has 0 unspecified atom stereocenters. The highest BCUT2D eigenvalue weighted by atomic mass is 16.3. The van der Waals surface area contributed by atoms with Crippen LogP contribution in [0.15, 0.2) is 23.0 Å². The zero-order valence-corrected chi connectivity index (χ0v) is 9.37. The molecule has 0 saturated heterocycles. The molecule has 1 saturated carbocycles. The summed E-state index contributed by atoms with van der Waals surface area (Å²) in [6, 6.07) is 2.39. The molecule has 0 radical (unpaired) electrons. The van der Waals surface area contributed by atoms with Gasteiger partial charge in [0.1, 0.15) is 0 Å². The van der Waals surface area contributed by atoms with Crippen molar-refractivity contribution in [1.82, 2.24) is 10.6 Å². The topological polar surface area (TPSA) is 54.3 Å². The molecule has 0 aliphatic heterocycles. The van der Waals surface area contributed by atoms with Crippen LogP contribution in [0.5, 0.6) is 0 Å². The van der Waals surface area contributed by atoms with E-state index in [0.717, 1.165) is 5.56 Å². The number of hydrogen-bond acceptors (Lipinski definition) is 3. The summed E-state index contributed by atoms with van der Waals surface area (Å²) in [5.74, 6) is 0.0492. The lowest BCUT2D eigenvalue weighted by atomic mass is 10.2. The molecule has 1 aliphatic carbocycles. The number of amides is 1. The van der Waals surface area contributed by atoms with Crippen molar-refractivity contribution < 1.29 is 9.21 Å². The largest absolute Gasteiger partial charge is 0.472 e. The predicted molar refractivity (Wildman–Crippen MR) is 60.8 cm³/mol. The number of carbonyl (C=O) groups is 1. The van der Waals surface area contributed by atoms with Gasteiger partial charge in [0.25, 0.3) is 0 Å². The first-order valence-electron chi connectivity index (χ1n) is 5.86. The molecule has 16 heavy (non-hydrogen) atoms. The fraction of sp³-hybridized carbons (Fsp3) is 0.583. The maximum atomic E-state index is 11.5. The minimum absolute atomic E-state index is 0.0492. The van der Waals surface area contributed by atoms with Crippen molar-refractivity contribution in [2.24, 2.45) is 0 Å². The predicted octanol–water partition coefficient (Wildman–Crippen LogP) is 1.43. The van der Waals surface area contributed by atoms with Gasteiger partial charge >= 0.3 is 0 Å². The van der Waals surface area contributed by atoms with Crippen molar-refractivity contribution in [2.45, 2.75) is 38.3 Å². The van der Waals surface area contributed by atoms with E-state index < -0.39 is 0 Å². The van der Waals surface area contributed by atoms with Gasteiger partial charge in [-0.1, -0.05) is 12.8 Å². The average Bonchev–Trinajstić information content (AvgIpc) is 2.96. The highest BCUT2D eigenvalue weighted by Gasteiger charge is 2.14. The SMILES string of the molecule is O=C(CNC1CCCC1)NCc1ccoc1. The highest BCUT2D eigenvalue weighted by molar-refractivity contribution is 5.77. The lowest BCUT2D eigenvalue weighted by Crippen LogP contribution is -2.37. The van der Waals surface area contributed by atoms with Gasteiger partial charge in [-0.05, 0) is 18.9 Å². The zero-order chi connectivity index (χ0) is 11.2. The van der Waals surface area contributed by atoms with Crippen LogP contribution in [0, 0.1) is 0 Å². The number of hydrogen-bond donors (Lipinski definition) is 2. The van der Waals surface area contributed by atoms with Crippen LogP contribution in [-0.2, 0) is 11.3 Å². The minimum Gasteiger partial charge on any atom is -0.472 e. The first-order chi connectivity index (χ1) is 7.84. The summed E-state index contributed by atoms with van der Waals surface area (Å²) in [5.41, 5.74) is 0.995. The Morgan fingerprint density at radius 2 is 2.25 bits per heavy atom. The maximum absolute atomic E-state index is 11.5. The van der Waals surface area contributed by atoms with Crippen LogP contribution in [0.25, 0.3) is 0 Å². The molecule has 0 bridgehead atoms. The standard InChI is InChI=1S/C12H18N2O2/c15-12(8-13-11-3-1-2-4-11)14-7-10-5-6-16-9-10/h5-6,9,11,13H,1-4,7-8H2,(H,14,15). The molecule has 0 atom stereocenters. The Hall–Kier alpha value is -1.29. The Kier molecular flexibility index (Phi) is 3.99. The van der Waals surface area contributed by atoms with Gasteiger partial charge in [-0.2, -0.15) is 0 Å². The molecule has 88 valence electrons. The maximum Gasteiger partial charge on any atom is 0.234 e. The number of nitrogens with one attached hydrogen (secondary N) is 2. The van der Waals surface area contributed by atoms with E-state index in [1.807, 2.05) is 6.07 Å². The third kappa shape index (κ3) is 3.38. The monoisotopic (exact) mass is 222 g/mol. The van der Waals surface area contributed by atoms with Crippen molar-refractivity contribution >= 4 is 5.91 Å². The van der Waals surface area contributed by atoms with Crippen LogP contribution in [0.2, 0.25) is 0 Å². The molecule has 1 aliphatic rings. The quantitative estimate of drug-likeness (QED) is 0.792. The number of rotatable bonds is 5. The summed E-state index contributed by atoms with van der Waals surface area (Å²) in [5, 5.41) is 6.12. The van der Waals surface area contributed by atoms with Gasteiger partial charge in [-0.15, -0.1) is 0 Å². The molecule has 1 aromatic rings. The van der Waals surface area contributed by atoms with Gasteiger partial charge in [-0.25, -0.2) is 0 Å². The lowest BCUT2D eigenvalue weighted by Gasteiger charge is -2.11. The molecular weight excluding hydrogens is 204 g/mol. The molecule has 1 aromatic heterocycles. The second-order valence-corrected chi connectivity index (χ2v) is 4.27. The summed E-state index contributed by atoms with van der Waals surface area (Å²) in [4.78, 5) is 11.5. The summed E-state index contributed by atoms with van der Waals surface area (Å²) < 4.78 is 4.92. The fourth-order valence-electron chi connectivity index (χ4n) is 2.02. The van der Waals surface area contributed by atoms with E-state index in [4.69, 9.17) is 4.42 Å². The molecule has 2 rings (SSSR count). The molecule has 1 amide bonds. The molecule has 1 fully saturated rings. The molecule has 4 heteroatoms. The summed E-state index contributed by atoms with van der Waals surface area (Å²) in [7, 11) is 0. The van der Waals surface area contributed by atoms with Crippen LogP contribution in [-0.4, -0.2) is 18.5 Å². The Bertz CT molecular complexity index is 316. The molecule has 4 nitrogen and oxygen atoms in total. The van der Waals surface area contributed by atoms with E-state index in [-0.39, 0.29) is 5.91 Å². The molecule has 0 aromatic carbocycles. The van der Waals surface area contributed by atoms with E-state index in [1.165, 1.54) is 25.7 Å². The molecule has 1 heterocycles. The smallest absolute Gasteiger partial charge is 0.234 e. The minimum atomic E-state index is 0.0492. The van der Waals surface area contributed by atoms with Crippen LogP contribution >= 0.6 is 0 Å². The van der Waals surface area contributed by atoms with Gasteiger partial charge in [0.2, 0.25) is 5.91 Å².